The van der Waals surface area contributed by atoms with Gasteiger partial charge in [0.05, 0.1) is 30.3 Å². The van der Waals surface area contributed by atoms with Crippen LogP contribution in [0.5, 0.6) is 0 Å². The van der Waals surface area contributed by atoms with Gasteiger partial charge in [-0.2, -0.15) is 0 Å². The van der Waals surface area contributed by atoms with Gasteiger partial charge in [-0.1, -0.05) is 18.5 Å². The van der Waals surface area contributed by atoms with Gasteiger partial charge in [0.2, 0.25) is 6.29 Å². The monoisotopic (exact) mass is 509 g/mol. The maximum absolute atomic E-state index is 11.3. The normalized spacial score (nSPS) is 45.8. The summed E-state index contributed by atoms with van der Waals surface area (Å²) in [5, 5.41) is 39.2. The number of nitrogens with one attached hydrogen (secondary N) is 2. The maximum Gasteiger partial charge on any atom is 0.215 e. The minimum atomic E-state index is -1.29. The van der Waals surface area contributed by atoms with Gasteiger partial charge in [0.25, 0.3) is 0 Å². The molecular weight excluding hydrogens is 470 g/mol. The first-order chi connectivity index (χ1) is 16.0. The Bertz CT molecular complexity index is 717. The molecule has 2 heterocycles. The van der Waals surface area contributed by atoms with Crippen LogP contribution in [0.4, 0.5) is 0 Å². The van der Waals surface area contributed by atoms with Crippen molar-refractivity contribution in [3.8, 4) is 0 Å². The van der Waals surface area contributed by atoms with Gasteiger partial charge in [-0.3, -0.25) is 0 Å². The maximum atomic E-state index is 11.3. The molecule has 34 heavy (non-hydrogen) atoms. The predicted molar refractivity (Wildman–Crippen MR) is 124 cm³/mol. The number of likely N-dealkylation sites (N-methyl/N-ethyl adjacent to an activating group) is 2. The Morgan fingerprint density at radius 1 is 1.15 bits per heavy atom. The number of rotatable bonds is 8. The van der Waals surface area contributed by atoms with Crippen molar-refractivity contribution >= 4 is 11.6 Å². The zero-order valence-electron chi connectivity index (χ0n) is 19.9. The number of nitrogens with two attached hydrogens (primary N) is 3. The van der Waals surface area contributed by atoms with Gasteiger partial charge in [0, 0.05) is 18.5 Å². The first kappa shape index (κ1) is 28.0. The molecule has 0 amide bonds. The van der Waals surface area contributed by atoms with Crippen LogP contribution in [0.2, 0.25) is 0 Å². The lowest BCUT2D eigenvalue weighted by Gasteiger charge is -2.49. The molecule has 0 aromatic rings. The van der Waals surface area contributed by atoms with Crippen molar-refractivity contribution in [2.45, 2.75) is 93.5 Å². The molecule has 0 spiro atoms. The largest absolute Gasteiger partial charge is 0.465 e. The van der Waals surface area contributed by atoms with E-state index in [4.69, 9.17) is 47.7 Å². The Kier molecular flexibility index (Phi) is 9.57. The van der Waals surface area contributed by atoms with Gasteiger partial charge in [-0.05, 0) is 26.9 Å². The Labute approximate surface area is 205 Å². The van der Waals surface area contributed by atoms with E-state index >= 15 is 0 Å². The van der Waals surface area contributed by atoms with E-state index in [2.05, 4.69) is 10.6 Å². The van der Waals surface area contributed by atoms with Crippen molar-refractivity contribution in [3.63, 3.8) is 0 Å². The second kappa shape index (κ2) is 11.6. The van der Waals surface area contributed by atoms with Crippen molar-refractivity contribution in [1.29, 1.82) is 0 Å². The second-order valence-electron chi connectivity index (χ2n) is 9.44. The molecule has 11 N–H and O–H groups in total. The zero-order valence-corrected chi connectivity index (χ0v) is 20.6. The highest BCUT2D eigenvalue weighted by Crippen LogP contribution is 2.33. The van der Waals surface area contributed by atoms with E-state index in [1.165, 1.54) is 0 Å². The molecule has 13 heteroatoms. The number of aliphatic hydroxyl groups is 3. The number of halogens is 1. The van der Waals surface area contributed by atoms with Crippen LogP contribution in [0.15, 0.2) is 10.8 Å². The summed E-state index contributed by atoms with van der Waals surface area (Å²) in [6, 6.07) is -2.16. The van der Waals surface area contributed by atoms with Crippen LogP contribution in [0.25, 0.3) is 0 Å². The highest BCUT2D eigenvalue weighted by Gasteiger charge is 2.51. The Balaban J connectivity index is 1.76. The van der Waals surface area contributed by atoms with Gasteiger partial charge in [0.1, 0.15) is 35.8 Å². The van der Waals surface area contributed by atoms with Gasteiger partial charge < -0.3 is 62.1 Å². The summed E-state index contributed by atoms with van der Waals surface area (Å²) in [5.74, 6) is 0.384. The minimum absolute atomic E-state index is 0.0614. The van der Waals surface area contributed by atoms with E-state index in [1.807, 2.05) is 6.92 Å². The summed E-state index contributed by atoms with van der Waals surface area (Å²) < 4.78 is 23.5. The summed E-state index contributed by atoms with van der Waals surface area (Å²) in [5.41, 5.74) is 17.0. The van der Waals surface area contributed by atoms with Crippen LogP contribution in [0.3, 0.4) is 0 Å². The van der Waals surface area contributed by atoms with Crippen LogP contribution >= 0.6 is 11.6 Å². The first-order valence-electron chi connectivity index (χ1n) is 11.7. The Morgan fingerprint density at radius 2 is 1.82 bits per heavy atom. The molecule has 1 saturated heterocycles. The lowest BCUT2D eigenvalue weighted by atomic mass is 9.83. The molecule has 0 aromatic carbocycles. The first-order valence-corrected chi connectivity index (χ1v) is 12.1. The lowest BCUT2D eigenvalue weighted by molar-refractivity contribution is -0.304. The van der Waals surface area contributed by atoms with Gasteiger partial charge in [0.15, 0.2) is 6.29 Å². The average Bonchev–Trinajstić information content (AvgIpc) is 2.76. The Hall–Kier alpha value is -0.610. The molecule has 198 valence electrons. The third kappa shape index (κ3) is 5.85. The summed E-state index contributed by atoms with van der Waals surface area (Å²) >= 11 is 6.16. The summed E-state index contributed by atoms with van der Waals surface area (Å²) in [6.07, 6.45) is -5.35. The molecule has 0 radical (unpaired) electrons. The molecule has 11 atom stereocenters. The molecule has 0 bridgehead atoms. The van der Waals surface area contributed by atoms with E-state index in [0.29, 0.717) is 30.2 Å². The fraction of sp³-hybridized carbons (Fsp3) is 0.905. The van der Waals surface area contributed by atoms with E-state index in [0.717, 1.165) is 0 Å². The van der Waals surface area contributed by atoms with Crippen molar-refractivity contribution in [2.24, 2.45) is 17.2 Å². The summed E-state index contributed by atoms with van der Waals surface area (Å²) in [7, 11) is 1.63. The molecule has 12 nitrogen and oxygen atoms in total. The minimum Gasteiger partial charge on any atom is -0.465 e. The quantitative estimate of drug-likeness (QED) is 0.169. The molecule has 1 saturated carbocycles. The SMILES string of the molecule is CCN[C@@H]1C[C@H](N)[C@@H](O[C@H]2OC(CN)=C(Cl)C[C@H]2N)[C@H](O)[C@H]1O[C@H]1OC[C@](C)(O)[C@H](NC)[C@H]1O. The van der Waals surface area contributed by atoms with Crippen LogP contribution in [0.1, 0.15) is 26.7 Å². The average molecular weight is 510 g/mol. The standard InChI is InChI=1S/C21H40ClN5O7/c1-4-27-12-6-10(24)16(33-19-11(25)5-9(22)13(7-23)32-19)14(28)17(12)34-20-15(29)18(26-3)21(2,30)8-31-20/h10-12,14-20,26-30H,4-8,23-25H2,1-3H3/t10-,11+,12+,14-,15+,16+,17-,18+,19+,20+,21-/m0/s1. The molecule has 3 aliphatic rings. The molecule has 0 aromatic heterocycles. The van der Waals surface area contributed by atoms with Crippen molar-refractivity contribution in [2.75, 3.05) is 26.7 Å². The van der Waals surface area contributed by atoms with Crippen molar-refractivity contribution in [1.82, 2.24) is 10.6 Å². The van der Waals surface area contributed by atoms with Crippen LogP contribution in [0, 0.1) is 0 Å². The third-order valence-electron chi connectivity index (χ3n) is 6.72. The fourth-order valence-corrected chi connectivity index (χ4v) is 5.23. The zero-order chi connectivity index (χ0) is 25.2. The van der Waals surface area contributed by atoms with Crippen LogP contribution in [-0.2, 0) is 18.9 Å². The van der Waals surface area contributed by atoms with Crippen molar-refractivity contribution < 1.29 is 34.3 Å². The van der Waals surface area contributed by atoms with E-state index in [9.17, 15) is 15.3 Å². The molecule has 2 aliphatic heterocycles. The van der Waals surface area contributed by atoms with Gasteiger partial charge >= 0.3 is 0 Å². The van der Waals surface area contributed by atoms with Crippen LogP contribution in [-0.4, -0.2) is 109 Å². The molecule has 3 rings (SSSR count). The molecule has 2 fully saturated rings. The van der Waals surface area contributed by atoms with Crippen LogP contribution < -0.4 is 27.8 Å². The van der Waals surface area contributed by atoms with E-state index in [1.54, 1.807) is 14.0 Å². The van der Waals surface area contributed by atoms with E-state index in [-0.39, 0.29) is 19.2 Å². The predicted octanol–water partition coefficient (Wildman–Crippen LogP) is -2.63. The molecule has 0 unspecified atom stereocenters. The van der Waals surface area contributed by atoms with Crippen molar-refractivity contribution in [3.05, 3.63) is 10.8 Å². The number of aliphatic hydroxyl groups excluding tert-OH is 2. The number of hydrogen-bond acceptors (Lipinski definition) is 12. The summed E-state index contributed by atoms with van der Waals surface area (Å²) in [6.45, 7) is 4.13. The van der Waals surface area contributed by atoms with E-state index < -0.39 is 60.7 Å². The molecular formula is C21H40ClN5O7. The molecule has 1 aliphatic carbocycles. The highest BCUT2D eigenvalue weighted by molar-refractivity contribution is 6.29. The topological polar surface area (TPSA) is 200 Å². The third-order valence-corrected chi connectivity index (χ3v) is 7.08. The number of ether oxygens (including phenoxy) is 4. The highest BCUT2D eigenvalue weighted by atomic mass is 35.5. The second-order valence-corrected chi connectivity index (χ2v) is 9.89. The smallest absolute Gasteiger partial charge is 0.215 e. The number of hydrogen-bond donors (Lipinski definition) is 8. The summed E-state index contributed by atoms with van der Waals surface area (Å²) in [4.78, 5) is 0. The van der Waals surface area contributed by atoms with Gasteiger partial charge in [-0.25, -0.2) is 0 Å². The fourth-order valence-electron chi connectivity index (χ4n) is 4.93. The lowest BCUT2D eigenvalue weighted by Crippen LogP contribution is -2.69. The van der Waals surface area contributed by atoms with Gasteiger partial charge in [-0.15, -0.1) is 0 Å². The Morgan fingerprint density at radius 3 is 2.44 bits per heavy atom.